The van der Waals surface area contributed by atoms with Gasteiger partial charge >= 0.3 is 0 Å². The van der Waals surface area contributed by atoms with Crippen LogP contribution in [0.2, 0.25) is 0 Å². The molecule has 0 unspecified atom stereocenters. The minimum Gasteiger partial charge on any atom is -0.441 e. The van der Waals surface area contributed by atoms with Crippen LogP contribution < -0.4 is 0 Å². The summed E-state index contributed by atoms with van der Waals surface area (Å²) in [6, 6.07) is 5.47. The van der Waals surface area contributed by atoms with E-state index < -0.39 is 10.0 Å². The second kappa shape index (κ2) is 6.65. The van der Waals surface area contributed by atoms with Gasteiger partial charge in [-0.3, -0.25) is 0 Å². The van der Waals surface area contributed by atoms with Crippen molar-refractivity contribution in [1.82, 2.24) is 14.2 Å². The molecule has 6 nitrogen and oxygen atoms in total. The fourth-order valence-electron chi connectivity index (χ4n) is 5.77. The Kier molecular flexibility index (Phi) is 4.72. The number of sulfonamides is 1. The molecule has 0 bridgehead atoms. The smallest absolute Gasteiger partial charge is 0.243 e. The highest BCUT2D eigenvalue weighted by Gasteiger charge is 2.64. The van der Waals surface area contributed by atoms with Gasteiger partial charge in [0.25, 0.3) is 0 Å². The molecule has 1 aliphatic carbocycles. The summed E-state index contributed by atoms with van der Waals surface area (Å²) in [7, 11) is 0.551. The Balaban J connectivity index is 1.69. The van der Waals surface area contributed by atoms with Crippen LogP contribution in [0.15, 0.2) is 33.7 Å². The molecule has 1 saturated heterocycles. The second-order valence-corrected chi connectivity index (χ2v) is 11.7. The summed E-state index contributed by atoms with van der Waals surface area (Å²) < 4.78 is 34.7. The number of aryl methyl sites for hydroxylation is 2. The van der Waals surface area contributed by atoms with Gasteiger partial charge in [0.1, 0.15) is 0 Å². The van der Waals surface area contributed by atoms with Crippen LogP contribution >= 0.6 is 0 Å². The van der Waals surface area contributed by atoms with Crippen LogP contribution in [-0.2, 0) is 10.0 Å². The molecule has 1 aliphatic heterocycles. The average Bonchev–Trinajstić information content (AvgIpc) is 3.16. The van der Waals surface area contributed by atoms with E-state index >= 15 is 0 Å². The molecule has 0 amide bonds. The van der Waals surface area contributed by atoms with Crippen LogP contribution in [0.5, 0.6) is 0 Å². The van der Waals surface area contributed by atoms with Crippen molar-refractivity contribution in [3.63, 3.8) is 0 Å². The molecule has 2 atom stereocenters. The van der Waals surface area contributed by atoms with E-state index in [2.05, 4.69) is 37.8 Å². The lowest BCUT2D eigenvalue weighted by Crippen LogP contribution is -2.57. The first-order valence-corrected chi connectivity index (χ1v) is 11.6. The molecule has 0 spiro atoms. The number of hydrogen-bond donors (Lipinski definition) is 0. The zero-order valence-electron chi connectivity index (χ0n) is 18.2. The Morgan fingerprint density at radius 1 is 1.28 bits per heavy atom. The third-order valence-electron chi connectivity index (χ3n) is 6.71. The Bertz CT molecular complexity index is 1040. The monoisotopic (exact) mass is 417 g/mol. The lowest BCUT2D eigenvalue weighted by Gasteiger charge is -2.57. The minimum atomic E-state index is -3.59. The molecule has 1 aromatic carbocycles. The van der Waals surface area contributed by atoms with Crippen LogP contribution in [0.3, 0.4) is 0 Å². The number of fused-ring (bicyclic) bond motifs is 1. The lowest BCUT2D eigenvalue weighted by molar-refractivity contribution is -0.0789. The number of aromatic nitrogens is 1. The van der Waals surface area contributed by atoms with Crippen LogP contribution in [0, 0.1) is 30.6 Å². The van der Waals surface area contributed by atoms with E-state index in [1.54, 1.807) is 23.5 Å². The van der Waals surface area contributed by atoms with Crippen molar-refractivity contribution in [3.05, 3.63) is 35.9 Å². The largest absolute Gasteiger partial charge is 0.441 e. The molecule has 2 aliphatic rings. The van der Waals surface area contributed by atoms with Gasteiger partial charge in [0.15, 0.2) is 11.7 Å². The third-order valence-corrected chi connectivity index (χ3v) is 8.66. The van der Waals surface area contributed by atoms with E-state index in [-0.39, 0.29) is 10.8 Å². The molecule has 2 heterocycles. The van der Waals surface area contributed by atoms with Crippen LogP contribution in [0.4, 0.5) is 0 Å². The predicted octanol–water partition coefficient (Wildman–Crippen LogP) is 3.56. The summed E-state index contributed by atoms with van der Waals surface area (Å²) in [5.74, 6) is 1.53. The molecule has 29 heavy (non-hydrogen) atoms. The van der Waals surface area contributed by atoms with Crippen molar-refractivity contribution in [2.75, 3.05) is 33.7 Å². The van der Waals surface area contributed by atoms with Gasteiger partial charge in [0, 0.05) is 37.5 Å². The SMILES string of the molecule is Cc1ncc(-c2ccc(C)c(S(=O)(=O)N3C[C@@H]4C(C)(C)C[C@]4(CN(C)C)C3)c2)o1. The summed E-state index contributed by atoms with van der Waals surface area (Å²) in [6.07, 6.45) is 2.70. The maximum atomic E-state index is 13.7. The van der Waals surface area contributed by atoms with Crippen molar-refractivity contribution in [3.8, 4) is 11.3 Å². The summed E-state index contributed by atoms with van der Waals surface area (Å²) in [5.41, 5.74) is 1.72. The zero-order chi connectivity index (χ0) is 21.2. The summed E-state index contributed by atoms with van der Waals surface area (Å²) in [5, 5.41) is 0. The quantitative estimate of drug-likeness (QED) is 0.744. The van der Waals surface area contributed by atoms with E-state index in [9.17, 15) is 8.42 Å². The second-order valence-electron chi connectivity index (χ2n) is 9.84. The highest BCUT2D eigenvalue weighted by atomic mass is 32.2. The standard InChI is InChI=1S/C22H31N3O3S/c1-15-7-8-17(18-10-23-16(2)28-18)9-19(15)29(26,27)25-11-20-21(3,4)12-22(20,14-25)13-24(5)6/h7-10,20H,11-14H2,1-6H3/t20-,22+/m1/s1. The molecule has 1 saturated carbocycles. The van der Waals surface area contributed by atoms with Gasteiger partial charge in [-0.1, -0.05) is 26.0 Å². The summed E-state index contributed by atoms with van der Waals surface area (Å²) in [6.45, 7) is 10.3. The van der Waals surface area contributed by atoms with Crippen molar-refractivity contribution < 1.29 is 12.8 Å². The molecule has 4 rings (SSSR count). The van der Waals surface area contributed by atoms with Gasteiger partial charge in [-0.05, 0) is 50.4 Å². The third kappa shape index (κ3) is 3.33. The minimum absolute atomic E-state index is 0.0492. The highest BCUT2D eigenvalue weighted by Crippen LogP contribution is 2.63. The Labute approximate surface area is 174 Å². The van der Waals surface area contributed by atoms with Gasteiger partial charge in [0.2, 0.25) is 10.0 Å². The number of hydrogen-bond acceptors (Lipinski definition) is 5. The summed E-state index contributed by atoms with van der Waals surface area (Å²) in [4.78, 5) is 6.69. The van der Waals surface area contributed by atoms with Crippen LogP contribution in [0.25, 0.3) is 11.3 Å². The van der Waals surface area contributed by atoms with Gasteiger partial charge in [-0.2, -0.15) is 4.31 Å². The van der Waals surface area contributed by atoms with Gasteiger partial charge in [0.05, 0.1) is 11.1 Å². The van der Waals surface area contributed by atoms with Crippen LogP contribution in [-0.4, -0.2) is 56.3 Å². The lowest BCUT2D eigenvalue weighted by atomic mass is 9.48. The number of nitrogens with zero attached hydrogens (tertiary/aromatic N) is 3. The van der Waals surface area contributed by atoms with Crippen molar-refractivity contribution in [2.24, 2.45) is 16.7 Å². The molecule has 0 radical (unpaired) electrons. The first-order valence-electron chi connectivity index (χ1n) is 10.1. The number of benzene rings is 1. The van der Waals surface area contributed by atoms with E-state index in [1.165, 1.54) is 0 Å². The zero-order valence-corrected chi connectivity index (χ0v) is 19.0. The highest BCUT2D eigenvalue weighted by molar-refractivity contribution is 7.89. The molecule has 2 fully saturated rings. The van der Waals surface area contributed by atoms with Crippen molar-refractivity contribution in [1.29, 1.82) is 0 Å². The van der Waals surface area contributed by atoms with Crippen LogP contribution in [0.1, 0.15) is 31.7 Å². The maximum Gasteiger partial charge on any atom is 0.243 e. The molecular formula is C22H31N3O3S. The molecule has 158 valence electrons. The topological polar surface area (TPSA) is 66.7 Å². The normalized spacial score (nSPS) is 26.5. The number of oxazole rings is 1. The average molecular weight is 418 g/mol. The van der Waals surface area contributed by atoms with Gasteiger partial charge < -0.3 is 9.32 Å². The molecule has 2 aromatic rings. The van der Waals surface area contributed by atoms with Crippen molar-refractivity contribution >= 4 is 10.0 Å². The van der Waals surface area contributed by atoms with Gasteiger partial charge in [-0.25, -0.2) is 13.4 Å². The van der Waals surface area contributed by atoms with E-state index in [4.69, 9.17) is 4.42 Å². The molecule has 7 heteroatoms. The molecule has 1 aromatic heterocycles. The Hall–Kier alpha value is -1.70. The van der Waals surface area contributed by atoms with Gasteiger partial charge in [-0.15, -0.1) is 0 Å². The van der Waals surface area contributed by atoms with E-state index in [1.807, 2.05) is 19.1 Å². The first kappa shape index (κ1) is 20.6. The first-order chi connectivity index (χ1) is 13.4. The summed E-state index contributed by atoms with van der Waals surface area (Å²) >= 11 is 0. The maximum absolute atomic E-state index is 13.7. The molecular weight excluding hydrogens is 386 g/mol. The fourth-order valence-corrected chi connectivity index (χ4v) is 7.57. The fraction of sp³-hybridized carbons (Fsp3) is 0.591. The predicted molar refractivity (Wildman–Crippen MR) is 113 cm³/mol. The van der Waals surface area contributed by atoms with E-state index in [0.717, 1.165) is 24.1 Å². The van der Waals surface area contributed by atoms with Crippen molar-refractivity contribution in [2.45, 2.75) is 39.0 Å². The Morgan fingerprint density at radius 3 is 2.59 bits per heavy atom. The number of rotatable bonds is 5. The van der Waals surface area contributed by atoms with E-state index in [0.29, 0.717) is 35.6 Å². The molecule has 0 N–H and O–H groups in total. The Morgan fingerprint density at radius 2 is 2.00 bits per heavy atom.